The van der Waals surface area contributed by atoms with Gasteiger partial charge < -0.3 is 9.84 Å². The first kappa shape index (κ1) is 16.1. The fourth-order valence-corrected chi connectivity index (χ4v) is 4.20. The van der Waals surface area contributed by atoms with Crippen LogP contribution in [0.1, 0.15) is 35.6 Å². The van der Waals surface area contributed by atoms with E-state index in [0.29, 0.717) is 23.4 Å². The highest BCUT2D eigenvalue weighted by Gasteiger charge is 2.51. The van der Waals surface area contributed by atoms with Gasteiger partial charge in [0, 0.05) is 17.0 Å². The molecule has 6 heteroatoms. The van der Waals surface area contributed by atoms with Crippen LogP contribution in [0, 0.1) is 17.8 Å². The number of alkyl halides is 3. The Kier molecular flexibility index (Phi) is 3.54. The number of halogens is 3. The Morgan fingerprint density at radius 2 is 1.85 bits per heavy atom. The number of rotatable bonds is 4. The summed E-state index contributed by atoms with van der Waals surface area (Å²) in [6.07, 6.45) is 1.70. The molecule has 1 saturated heterocycles. The van der Waals surface area contributed by atoms with E-state index >= 15 is 0 Å². The Hall–Kier alpha value is -2.08. The Bertz CT molecular complexity index is 856. The van der Waals surface area contributed by atoms with Gasteiger partial charge >= 0.3 is 6.18 Å². The third-order valence-corrected chi connectivity index (χ3v) is 5.83. The van der Waals surface area contributed by atoms with Crippen LogP contribution in [0.25, 0.3) is 17.3 Å². The molecule has 1 aromatic heterocycles. The molecule has 2 atom stereocenters. The lowest BCUT2D eigenvalue weighted by atomic mass is 9.98. The molecule has 2 aromatic rings. The predicted molar refractivity (Wildman–Crippen MR) is 91.3 cm³/mol. The maximum Gasteiger partial charge on any atom is 0.417 e. The molecular weight excluding hydrogens is 341 g/mol. The predicted octanol–water partition coefficient (Wildman–Crippen LogP) is 4.72. The second kappa shape index (κ2) is 5.71. The molecule has 1 aliphatic heterocycles. The highest BCUT2D eigenvalue weighted by atomic mass is 19.4. The van der Waals surface area contributed by atoms with Gasteiger partial charge in [0.25, 0.3) is 0 Å². The van der Waals surface area contributed by atoms with Crippen molar-refractivity contribution in [1.82, 2.24) is 10.5 Å². The number of piperidine rings is 1. The number of hydrogen-bond donors (Lipinski definition) is 1. The smallest absolute Gasteiger partial charge is 0.360 e. The van der Waals surface area contributed by atoms with Gasteiger partial charge in [0.15, 0.2) is 0 Å². The number of aromatic nitrogens is 1. The summed E-state index contributed by atoms with van der Waals surface area (Å²) in [6, 6.07) is 5.60. The third-order valence-electron chi connectivity index (χ3n) is 5.83. The van der Waals surface area contributed by atoms with Crippen molar-refractivity contribution < 1.29 is 17.7 Å². The fraction of sp³-hybridized carbons (Fsp3) is 0.450. The number of hydrogen-bond acceptors (Lipinski definition) is 3. The molecule has 3 aliphatic rings. The number of benzene rings is 1. The summed E-state index contributed by atoms with van der Waals surface area (Å²) in [7, 11) is 0. The van der Waals surface area contributed by atoms with Crippen LogP contribution >= 0.6 is 0 Å². The van der Waals surface area contributed by atoms with E-state index in [1.807, 2.05) is 6.08 Å². The van der Waals surface area contributed by atoms with Crippen LogP contribution in [0.15, 0.2) is 34.9 Å². The van der Waals surface area contributed by atoms with Crippen LogP contribution in [0.5, 0.6) is 0 Å². The number of fused-ring (bicyclic) bond motifs is 1. The van der Waals surface area contributed by atoms with Crippen molar-refractivity contribution in [1.29, 1.82) is 0 Å². The van der Waals surface area contributed by atoms with Gasteiger partial charge in [0.1, 0.15) is 11.5 Å². The van der Waals surface area contributed by atoms with Gasteiger partial charge in [-0.25, -0.2) is 0 Å². The van der Waals surface area contributed by atoms with Crippen molar-refractivity contribution in [2.24, 2.45) is 17.8 Å². The molecule has 3 fully saturated rings. The summed E-state index contributed by atoms with van der Waals surface area (Å²) in [5, 5.41) is 7.41. The average molecular weight is 360 g/mol. The monoisotopic (exact) mass is 360 g/mol. The van der Waals surface area contributed by atoms with Gasteiger partial charge in [-0.05, 0) is 49.8 Å². The number of nitrogens with zero attached hydrogens (tertiary/aromatic N) is 1. The molecule has 2 saturated carbocycles. The zero-order valence-electron chi connectivity index (χ0n) is 14.1. The van der Waals surface area contributed by atoms with Gasteiger partial charge in [-0.15, -0.1) is 0 Å². The molecule has 2 heterocycles. The molecule has 0 amide bonds. The summed E-state index contributed by atoms with van der Waals surface area (Å²) in [5.74, 6) is 2.87. The molecule has 1 aromatic carbocycles. The van der Waals surface area contributed by atoms with Crippen molar-refractivity contribution in [3.8, 4) is 11.3 Å². The highest BCUT2D eigenvalue weighted by Crippen LogP contribution is 2.51. The average Bonchev–Trinajstić information content (AvgIpc) is 3.47. The Morgan fingerprint density at radius 3 is 2.54 bits per heavy atom. The fourth-order valence-electron chi connectivity index (χ4n) is 4.20. The molecular formula is C20H19F3N2O. The van der Waals surface area contributed by atoms with Gasteiger partial charge in [0.05, 0.1) is 5.56 Å². The highest BCUT2D eigenvalue weighted by molar-refractivity contribution is 5.76. The van der Waals surface area contributed by atoms with Crippen molar-refractivity contribution in [2.75, 3.05) is 13.1 Å². The van der Waals surface area contributed by atoms with Gasteiger partial charge in [-0.1, -0.05) is 35.5 Å². The normalized spacial score (nSPS) is 27.9. The van der Waals surface area contributed by atoms with Gasteiger partial charge in [-0.2, -0.15) is 13.2 Å². The molecule has 2 aliphatic carbocycles. The Labute approximate surface area is 149 Å². The van der Waals surface area contributed by atoms with E-state index in [1.54, 1.807) is 6.07 Å². The topological polar surface area (TPSA) is 38.1 Å². The lowest BCUT2D eigenvalue weighted by molar-refractivity contribution is -0.137. The standard InChI is InChI=1S/C20H19F3N2O/c21-20(22,23)17-4-2-1-3-13(17)18-14(19(26-25-18)11-5-6-11)8-7-12-15-9-24-10-16(12)15/h1-4,7-8,11-12,15-16,24H,5-6,9-10H2/b8-7+. The zero-order chi connectivity index (χ0) is 17.9. The summed E-state index contributed by atoms with van der Waals surface area (Å²) in [6.45, 7) is 2.06. The molecule has 136 valence electrons. The molecule has 26 heavy (non-hydrogen) atoms. The minimum atomic E-state index is -4.42. The van der Waals surface area contributed by atoms with E-state index in [4.69, 9.17) is 4.52 Å². The van der Waals surface area contributed by atoms with Crippen LogP contribution < -0.4 is 5.32 Å². The molecule has 3 nitrogen and oxygen atoms in total. The van der Waals surface area contributed by atoms with E-state index in [1.165, 1.54) is 12.1 Å². The number of nitrogens with one attached hydrogen (secondary N) is 1. The lowest BCUT2D eigenvalue weighted by Gasteiger charge is -2.11. The molecule has 2 unspecified atom stereocenters. The second-order valence-electron chi connectivity index (χ2n) is 7.55. The summed E-state index contributed by atoms with van der Waals surface area (Å²) >= 11 is 0. The first-order chi connectivity index (χ1) is 12.5. The van der Waals surface area contributed by atoms with Crippen molar-refractivity contribution in [2.45, 2.75) is 24.9 Å². The van der Waals surface area contributed by atoms with Crippen molar-refractivity contribution >= 4 is 6.08 Å². The maximum atomic E-state index is 13.4. The summed E-state index contributed by atoms with van der Waals surface area (Å²) in [4.78, 5) is 0. The van der Waals surface area contributed by atoms with E-state index in [0.717, 1.165) is 43.3 Å². The quantitative estimate of drug-likeness (QED) is 0.858. The van der Waals surface area contributed by atoms with E-state index in [2.05, 4.69) is 16.5 Å². The minimum absolute atomic E-state index is 0.0907. The van der Waals surface area contributed by atoms with E-state index in [-0.39, 0.29) is 11.5 Å². The number of allylic oxidation sites excluding steroid dienone is 1. The third kappa shape index (κ3) is 2.67. The second-order valence-corrected chi connectivity index (χ2v) is 7.55. The Morgan fingerprint density at radius 1 is 1.12 bits per heavy atom. The van der Waals surface area contributed by atoms with Crippen molar-refractivity contribution in [3.05, 3.63) is 47.2 Å². The van der Waals surface area contributed by atoms with Gasteiger partial charge in [0.2, 0.25) is 0 Å². The molecule has 5 rings (SSSR count). The lowest BCUT2D eigenvalue weighted by Crippen LogP contribution is -2.13. The Balaban J connectivity index is 1.55. The molecule has 0 bridgehead atoms. The van der Waals surface area contributed by atoms with Crippen LogP contribution in [0.2, 0.25) is 0 Å². The largest absolute Gasteiger partial charge is 0.417 e. The SMILES string of the molecule is FC(F)(F)c1ccccc1-c1noc(C2CC2)c1/C=C/C1C2CNCC12. The molecule has 1 N–H and O–H groups in total. The first-order valence-corrected chi connectivity index (χ1v) is 9.09. The molecule has 0 radical (unpaired) electrons. The summed E-state index contributed by atoms with van der Waals surface area (Å²) < 4.78 is 45.8. The van der Waals surface area contributed by atoms with Crippen LogP contribution in [0.4, 0.5) is 13.2 Å². The van der Waals surface area contributed by atoms with Crippen molar-refractivity contribution in [3.63, 3.8) is 0 Å². The van der Waals surface area contributed by atoms with Crippen LogP contribution in [0.3, 0.4) is 0 Å². The maximum absolute atomic E-state index is 13.4. The first-order valence-electron chi connectivity index (χ1n) is 9.09. The van der Waals surface area contributed by atoms with E-state index < -0.39 is 11.7 Å². The van der Waals surface area contributed by atoms with Gasteiger partial charge in [-0.3, -0.25) is 0 Å². The van der Waals surface area contributed by atoms with Crippen LogP contribution in [-0.2, 0) is 6.18 Å². The van der Waals surface area contributed by atoms with Crippen LogP contribution in [-0.4, -0.2) is 18.2 Å². The zero-order valence-corrected chi connectivity index (χ0v) is 14.1. The summed E-state index contributed by atoms with van der Waals surface area (Å²) in [5.41, 5.74) is 0.452. The molecule has 0 spiro atoms. The minimum Gasteiger partial charge on any atom is -0.360 e. The van der Waals surface area contributed by atoms with E-state index in [9.17, 15) is 13.2 Å².